The Hall–Kier alpha value is -0.480. The van der Waals surface area contributed by atoms with Gasteiger partial charge in [-0.15, -0.1) is 11.8 Å². The van der Waals surface area contributed by atoms with Crippen LogP contribution in [0.5, 0.6) is 5.06 Å². The van der Waals surface area contributed by atoms with E-state index in [0.717, 1.165) is 21.1 Å². The van der Waals surface area contributed by atoms with Gasteiger partial charge in [-0.1, -0.05) is 11.3 Å². The van der Waals surface area contributed by atoms with Crippen LogP contribution in [0.3, 0.4) is 0 Å². The summed E-state index contributed by atoms with van der Waals surface area (Å²) < 4.78 is 6.00. The lowest BCUT2D eigenvalue weighted by molar-refractivity contribution is 0.112. The minimum absolute atomic E-state index is 0.722. The zero-order valence-corrected chi connectivity index (χ0v) is 7.92. The van der Waals surface area contributed by atoms with Crippen molar-refractivity contribution in [3.05, 3.63) is 11.6 Å². The first kappa shape index (κ1) is 8.62. The van der Waals surface area contributed by atoms with Crippen LogP contribution in [0.4, 0.5) is 0 Å². The van der Waals surface area contributed by atoms with Gasteiger partial charge in [0.25, 0.3) is 0 Å². The fraction of sp³-hybridized carbons (Fsp3) is 0.286. The lowest BCUT2D eigenvalue weighted by Gasteiger charge is -1.88. The summed E-state index contributed by atoms with van der Waals surface area (Å²) in [6.45, 7) is 0. The zero-order valence-electron chi connectivity index (χ0n) is 6.29. The number of hydrogen-bond acceptors (Lipinski definition) is 4. The minimum Gasteiger partial charge on any atom is -0.487 e. The van der Waals surface area contributed by atoms with Gasteiger partial charge < -0.3 is 4.74 Å². The average Bonchev–Trinajstić information content (AvgIpc) is 2.46. The standard InChI is InChI=1S/C7H8O2S2/c1-9-6-3-5(4-8)7(10-2)11-6/h3-4H,1-2H3. The van der Waals surface area contributed by atoms with Crippen molar-refractivity contribution in [2.75, 3.05) is 13.4 Å². The molecule has 0 aliphatic carbocycles. The van der Waals surface area contributed by atoms with Crippen molar-refractivity contribution >= 4 is 29.4 Å². The molecule has 1 aromatic heterocycles. The third kappa shape index (κ3) is 1.75. The second-order valence-corrected chi connectivity index (χ2v) is 3.92. The SMILES string of the molecule is COc1cc(C=O)c(SC)s1. The molecule has 11 heavy (non-hydrogen) atoms. The van der Waals surface area contributed by atoms with Crippen LogP contribution in [-0.4, -0.2) is 19.7 Å². The highest BCUT2D eigenvalue weighted by atomic mass is 32.2. The molecule has 0 aliphatic heterocycles. The van der Waals surface area contributed by atoms with Gasteiger partial charge in [0.2, 0.25) is 0 Å². The first-order valence-corrected chi connectivity index (χ1v) is 5.03. The average molecular weight is 188 g/mol. The van der Waals surface area contributed by atoms with Gasteiger partial charge in [0.15, 0.2) is 11.3 Å². The predicted molar refractivity (Wildman–Crippen MR) is 48.0 cm³/mol. The first-order chi connectivity index (χ1) is 5.31. The summed E-state index contributed by atoms with van der Waals surface area (Å²) in [5.41, 5.74) is 0.722. The van der Waals surface area contributed by atoms with Crippen molar-refractivity contribution in [3.63, 3.8) is 0 Å². The maximum atomic E-state index is 10.5. The maximum absolute atomic E-state index is 10.5. The van der Waals surface area contributed by atoms with Gasteiger partial charge in [0.1, 0.15) is 0 Å². The van der Waals surface area contributed by atoms with E-state index >= 15 is 0 Å². The van der Waals surface area contributed by atoms with E-state index < -0.39 is 0 Å². The molecule has 1 aromatic rings. The topological polar surface area (TPSA) is 26.3 Å². The Morgan fingerprint density at radius 1 is 1.73 bits per heavy atom. The van der Waals surface area contributed by atoms with E-state index in [1.807, 2.05) is 6.26 Å². The molecule has 0 unspecified atom stereocenters. The molecule has 1 rings (SSSR count). The second-order valence-electron chi connectivity index (χ2n) is 1.83. The molecule has 2 nitrogen and oxygen atoms in total. The van der Waals surface area contributed by atoms with Crippen molar-refractivity contribution in [3.8, 4) is 5.06 Å². The number of carbonyl (C=O) groups is 1. The number of carbonyl (C=O) groups excluding carboxylic acids is 1. The van der Waals surface area contributed by atoms with Crippen molar-refractivity contribution in [1.29, 1.82) is 0 Å². The van der Waals surface area contributed by atoms with Gasteiger partial charge in [-0.2, -0.15) is 0 Å². The lowest BCUT2D eigenvalue weighted by Crippen LogP contribution is -1.76. The number of hydrogen-bond donors (Lipinski definition) is 0. The van der Waals surface area contributed by atoms with Crippen LogP contribution >= 0.6 is 23.1 Å². The molecule has 0 amide bonds. The Labute approximate surface area is 73.6 Å². The number of thioether (sulfide) groups is 1. The van der Waals surface area contributed by atoms with E-state index in [-0.39, 0.29) is 0 Å². The molecule has 0 bridgehead atoms. The summed E-state index contributed by atoms with van der Waals surface area (Å²) in [5, 5.41) is 0.788. The van der Waals surface area contributed by atoms with Gasteiger partial charge in [-0.3, -0.25) is 4.79 Å². The van der Waals surface area contributed by atoms with Crippen LogP contribution in [0.1, 0.15) is 10.4 Å². The molecule has 0 saturated carbocycles. The van der Waals surface area contributed by atoms with E-state index in [1.54, 1.807) is 24.9 Å². The number of aldehydes is 1. The fourth-order valence-corrected chi connectivity index (χ4v) is 2.31. The lowest BCUT2D eigenvalue weighted by atomic mass is 10.4. The van der Waals surface area contributed by atoms with Gasteiger partial charge >= 0.3 is 0 Å². The molecule has 0 saturated heterocycles. The number of ether oxygens (including phenoxy) is 1. The summed E-state index contributed by atoms with van der Waals surface area (Å²) in [6, 6.07) is 1.75. The van der Waals surface area contributed by atoms with Crippen LogP contribution in [0, 0.1) is 0 Å². The highest BCUT2D eigenvalue weighted by molar-refractivity contribution is 8.00. The molecular weight excluding hydrogens is 180 g/mol. The molecule has 0 N–H and O–H groups in total. The highest BCUT2D eigenvalue weighted by Crippen LogP contribution is 2.34. The van der Waals surface area contributed by atoms with Crippen molar-refractivity contribution in [1.82, 2.24) is 0 Å². The number of methoxy groups -OCH3 is 1. The van der Waals surface area contributed by atoms with Gasteiger partial charge in [0, 0.05) is 11.6 Å². The van der Waals surface area contributed by atoms with E-state index in [4.69, 9.17) is 4.74 Å². The molecule has 1 heterocycles. The summed E-state index contributed by atoms with van der Waals surface area (Å²) in [5.74, 6) is 0. The Morgan fingerprint density at radius 3 is 2.82 bits per heavy atom. The Kier molecular flexibility index (Phi) is 2.96. The Bertz CT molecular complexity index is 255. The second kappa shape index (κ2) is 3.78. The summed E-state index contributed by atoms with van der Waals surface area (Å²) in [6.07, 6.45) is 2.79. The molecular formula is C7H8O2S2. The molecule has 0 fully saturated rings. The zero-order chi connectivity index (χ0) is 8.27. The smallest absolute Gasteiger partial charge is 0.175 e. The van der Waals surface area contributed by atoms with E-state index in [9.17, 15) is 4.79 Å². The van der Waals surface area contributed by atoms with E-state index in [0.29, 0.717) is 0 Å². The summed E-state index contributed by atoms with van der Waals surface area (Å²) in [4.78, 5) is 10.5. The molecule has 60 valence electrons. The highest BCUT2D eigenvalue weighted by Gasteiger charge is 2.06. The van der Waals surface area contributed by atoms with E-state index in [1.165, 1.54) is 11.3 Å². The van der Waals surface area contributed by atoms with Gasteiger partial charge in [-0.05, 0) is 6.26 Å². The minimum atomic E-state index is 0.722. The van der Waals surface area contributed by atoms with Crippen molar-refractivity contribution in [2.45, 2.75) is 4.21 Å². The molecule has 0 radical (unpaired) electrons. The molecule has 0 spiro atoms. The van der Waals surface area contributed by atoms with Gasteiger partial charge in [0.05, 0.1) is 11.3 Å². The van der Waals surface area contributed by atoms with Crippen molar-refractivity contribution in [2.24, 2.45) is 0 Å². The third-order valence-corrected chi connectivity index (χ3v) is 3.48. The quantitative estimate of drug-likeness (QED) is 0.538. The van der Waals surface area contributed by atoms with Gasteiger partial charge in [-0.25, -0.2) is 0 Å². The number of rotatable bonds is 3. The number of thiophene rings is 1. The fourth-order valence-electron chi connectivity index (χ4n) is 0.708. The monoisotopic (exact) mass is 188 g/mol. The molecule has 0 aliphatic rings. The predicted octanol–water partition coefficient (Wildman–Crippen LogP) is 2.29. The van der Waals surface area contributed by atoms with Crippen LogP contribution in [0.25, 0.3) is 0 Å². The third-order valence-electron chi connectivity index (χ3n) is 1.22. The van der Waals surface area contributed by atoms with Crippen LogP contribution in [0.15, 0.2) is 10.3 Å². The Balaban J connectivity index is 3.01. The largest absolute Gasteiger partial charge is 0.487 e. The van der Waals surface area contributed by atoms with Crippen molar-refractivity contribution < 1.29 is 9.53 Å². The molecule has 0 aromatic carbocycles. The van der Waals surface area contributed by atoms with E-state index in [2.05, 4.69) is 0 Å². The maximum Gasteiger partial charge on any atom is 0.175 e. The summed E-state index contributed by atoms with van der Waals surface area (Å²) in [7, 11) is 1.60. The Morgan fingerprint density at radius 2 is 2.45 bits per heavy atom. The van der Waals surface area contributed by atoms with Crippen LogP contribution < -0.4 is 4.74 Å². The van der Waals surface area contributed by atoms with Crippen LogP contribution in [-0.2, 0) is 0 Å². The summed E-state index contributed by atoms with van der Waals surface area (Å²) >= 11 is 3.06. The normalized spacial score (nSPS) is 9.64. The molecule has 0 atom stereocenters. The first-order valence-electron chi connectivity index (χ1n) is 2.98. The van der Waals surface area contributed by atoms with Crippen LogP contribution in [0.2, 0.25) is 0 Å². The molecule has 4 heteroatoms.